The Labute approximate surface area is 354 Å². The first-order valence-electron chi connectivity index (χ1n) is 19.0. The number of aliphatic hydroxyl groups excluding tert-OH is 1. The molecule has 12 heteroatoms. The van der Waals surface area contributed by atoms with Crippen molar-refractivity contribution in [2.45, 2.75) is 87.8 Å². The van der Waals surface area contributed by atoms with Gasteiger partial charge in [0.05, 0.1) is 33.2 Å². The molecule has 2 aromatic carbocycles. The molecule has 10 atom stereocenters. The van der Waals surface area contributed by atoms with Crippen LogP contribution in [0.5, 0.6) is 0 Å². The number of alkyl halides is 2. The number of nitrogens with one attached hydrogen (secondary N) is 1. The van der Waals surface area contributed by atoms with Crippen LogP contribution in [0.3, 0.4) is 0 Å². The van der Waals surface area contributed by atoms with Crippen LogP contribution in [-0.4, -0.2) is 52.1 Å². The quantitative estimate of drug-likeness (QED) is 0.188. The first kappa shape index (κ1) is 43.0. The Morgan fingerprint density at radius 3 is 2.39 bits per heavy atom. The molecular formula is C44H48Cl5NO6. The standard InChI is InChI=1S/C27H30Cl2O6.C17H17Cl2N.ClH/c1-15-11-19-18-7-6-16-12-17(30)8-9-24(16,2)26(18,29)21(31)13-25(19,3)27(15,22(32)14-28)35-23(33)20-5-4-10-34-20;1-20-17-9-7-12(13-4-2-3-5-14(13)17)11-6-8-15(18)16(19)10-11;/h4-5,8-10,12,15,18-19,21,31H,6-7,11,13-14H2,1-3H3;2-6,8,10,12,17,20H,7,9H2,1H3;1H/t15-,18+,19+,21+,24+,25+,26+,27+;12-,17-;/m10./s1. The zero-order valence-electron chi connectivity index (χ0n) is 31.8. The molecule has 300 valence electrons. The smallest absolute Gasteiger partial charge is 0.375 e. The molecule has 0 amide bonds. The Balaban J connectivity index is 0.000000215. The van der Waals surface area contributed by atoms with Gasteiger partial charge < -0.3 is 19.6 Å². The SMILES string of the molecule is CN[C@H]1CC[C@@H](c2ccc(Cl)c(Cl)c2)c2ccccc21.C[C@@H]1C[C@H]2[C@@H]3CCC4=CC(=O)C=C[C@]4(C)[C@@]3(Cl)[C@@H](O)C[C@]2(C)[C@@]1(OC(=O)c1ccco1)C(=O)CCl.Cl. The van der Waals surface area contributed by atoms with Crippen molar-refractivity contribution in [3.05, 3.63) is 117 Å². The van der Waals surface area contributed by atoms with Gasteiger partial charge >= 0.3 is 5.97 Å². The van der Waals surface area contributed by atoms with E-state index in [4.69, 9.17) is 55.6 Å². The van der Waals surface area contributed by atoms with Gasteiger partial charge in [0.2, 0.25) is 5.76 Å². The van der Waals surface area contributed by atoms with Crippen LogP contribution >= 0.6 is 58.8 Å². The van der Waals surface area contributed by atoms with Crippen molar-refractivity contribution in [2.75, 3.05) is 12.9 Å². The third kappa shape index (κ3) is 6.62. The Hall–Kier alpha value is -2.62. The minimum Gasteiger partial charge on any atom is -0.457 e. The Morgan fingerprint density at radius 1 is 1.00 bits per heavy atom. The van der Waals surface area contributed by atoms with Gasteiger partial charge in [-0.15, -0.1) is 35.6 Å². The Kier molecular flexibility index (Phi) is 12.4. The molecule has 7 nitrogen and oxygen atoms in total. The number of hydrogen-bond acceptors (Lipinski definition) is 7. The van der Waals surface area contributed by atoms with E-state index in [0.29, 0.717) is 41.3 Å². The number of Topliss-reactive ketones (excluding diaryl/α,β-unsaturated/α-hetero) is 1. The van der Waals surface area contributed by atoms with E-state index in [9.17, 15) is 19.5 Å². The van der Waals surface area contributed by atoms with Crippen molar-refractivity contribution >= 4 is 76.3 Å². The van der Waals surface area contributed by atoms with Crippen LogP contribution in [0.25, 0.3) is 0 Å². The molecule has 0 bridgehead atoms. The van der Waals surface area contributed by atoms with Crippen molar-refractivity contribution in [1.82, 2.24) is 5.32 Å². The molecule has 0 aliphatic heterocycles. The summed E-state index contributed by atoms with van der Waals surface area (Å²) in [6.45, 7) is 5.81. The summed E-state index contributed by atoms with van der Waals surface area (Å²) in [5.74, 6) is -1.71. The number of aliphatic hydroxyl groups is 1. The number of fused-ring (bicyclic) bond motifs is 6. The topological polar surface area (TPSA) is 106 Å². The summed E-state index contributed by atoms with van der Waals surface area (Å²) in [4.78, 5) is 37.7. The third-order valence-corrected chi connectivity index (χ3v) is 15.8. The fourth-order valence-electron chi connectivity index (χ4n) is 11.3. The van der Waals surface area contributed by atoms with Crippen LogP contribution < -0.4 is 5.32 Å². The second-order valence-electron chi connectivity index (χ2n) is 16.3. The van der Waals surface area contributed by atoms with Gasteiger partial charge in [-0.1, -0.05) is 86.0 Å². The van der Waals surface area contributed by atoms with Crippen molar-refractivity contribution < 1.29 is 28.6 Å². The summed E-state index contributed by atoms with van der Waals surface area (Å²) in [5, 5.41) is 16.4. The van der Waals surface area contributed by atoms with Crippen molar-refractivity contribution in [2.24, 2.45) is 28.6 Å². The minimum absolute atomic E-state index is 0. The van der Waals surface area contributed by atoms with Gasteiger partial charge in [0, 0.05) is 28.7 Å². The molecule has 0 radical (unpaired) electrons. The first-order valence-corrected chi connectivity index (χ1v) is 20.7. The number of allylic oxidation sites excluding steroid dienone is 4. The predicted octanol–water partition coefficient (Wildman–Crippen LogP) is 10.5. The lowest BCUT2D eigenvalue weighted by atomic mass is 9.45. The molecular weight excluding hydrogens is 816 g/mol. The van der Waals surface area contributed by atoms with Crippen LogP contribution in [0.1, 0.15) is 98.5 Å². The van der Waals surface area contributed by atoms with Crippen LogP contribution in [0, 0.1) is 28.6 Å². The lowest BCUT2D eigenvalue weighted by Crippen LogP contribution is -2.69. The zero-order chi connectivity index (χ0) is 39.5. The molecule has 8 rings (SSSR count). The maximum Gasteiger partial charge on any atom is 0.375 e. The summed E-state index contributed by atoms with van der Waals surface area (Å²) in [6, 6.07) is 18.2. The van der Waals surface area contributed by atoms with Crippen molar-refractivity contribution in [3.8, 4) is 0 Å². The molecule has 56 heavy (non-hydrogen) atoms. The van der Waals surface area contributed by atoms with E-state index >= 15 is 0 Å². The summed E-state index contributed by atoms with van der Waals surface area (Å²) in [7, 11) is 2.03. The number of benzene rings is 2. The van der Waals surface area contributed by atoms with Crippen LogP contribution in [0.4, 0.5) is 0 Å². The van der Waals surface area contributed by atoms with Gasteiger partial charge in [0.15, 0.2) is 17.2 Å². The molecule has 1 aromatic heterocycles. The van der Waals surface area contributed by atoms with Gasteiger partial charge in [-0.2, -0.15) is 0 Å². The van der Waals surface area contributed by atoms with E-state index in [2.05, 4.69) is 35.6 Å². The van der Waals surface area contributed by atoms with Gasteiger partial charge in [-0.05, 0) is 111 Å². The second kappa shape index (κ2) is 16.2. The highest BCUT2D eigenvalue weighted by atomic mass is 35.5. The summed E-state index contributed by atoms with van der Waals surface area (Å²) < 4.78 is 11.3. The fraction of sp³-hybridized carbons (Fsp3) is 0.477. The maximum absolute atomic E-state index is 13.6. The number of ether oxygens (including phenoxy) is 1. The monoisotopic (exact) mass is 861 g/mol. The number of carbonyl (C=O) groups is 3. The lowest BCUT2D eigenvalue weighted by molar-refractivity contribution is -0.177. The Morgan fingerprint density at radius 2 is 1.73 bits per heavy atom. The van der Waals surface area contributed by atoms with Crippen LogP contribution in [0.15, 0.2) is 89.1 Å². The number of rotatable bonds is 6. The lowest BCUT2D eigenvalue weighted by Gasteiger charge is -2.64. The van der Waals surface area contributed by atoms with Crippen molar-refractivity contribution in [3.63, 3.8) is 0 Å². The van der Waals surface area contributed by atoms with Gasteiger partial charge in [-0.3, -0.25) is 9.59 Å². The molecule has 5 aliphatic rings. The van der Waals surface area contributed by atoms with Gasteiger partial charge in [0.1, 0.15) is 0 Å². The average Bonchev–Trinajstić information content (AvgIpc) is 3.79. The number of ketones is 2. The molecule has 1 heterocycles. The molecule has 3 saturated carbocycles. The number of halogens is 5. The highest BCUT2D eigenvalue weighted by Gasteiger charge is 2.76. The number of esters is 1. The third-order valence-electron chi connectivity index (χ3n) is 13.9. The van der Waals surface area contributed by atoms with Crippen LogP contribution in [0.2, 0.25) is 10.0 Å². The highest BCUT2D eigenvalue weighted by Crippen LogP contribution is 2.72. The molecule has 2 N–H and O–H groups in total. The van der Waals surface area contributed by atoms with Crippen molar-refractivity contribution in [1.29, 1.82) is 0 Å². The highest BCUT2D eigenvalue weighted by molar-refractivity contribution is 6.42. The van der Waals surface area contributed by atoms with Gasteiger partial charge in [-0.25, -0.2) is 4.79 Å². The molecule has 0 saturated heterocycles. The number of furan rings is 1. The average molecular weight is 864 g/mol. The largest absolute Gasteiger partial charge is 0.457 e. The zero-order valence-corrected chi connectivity index (χ0v) is 35.7. The number of hydrogen-bond donors (Lipinski definition) is 2. The second-order valence-corrected chi connectivity index (χ2v) is 18.0. The molecule has 5 aliphatic carbocycles. The molecule has 3 fully saturated rings. The molecule has 3 aromatic rings. The van der Waals surface area contributed by atoms with Crippen LogP contribution in [-0.2, 0) is 14.3 Å². The summed E-state index contributed by atoms with van der Waals surface area (Å²) >= 11 is 25.8. The molecule has 0 spiro atoms. The van der Waals surface area contributed by atoms with E-state index < -0.39 is 33.4 Å². The fourth-order valence-corrected chi connectivity index (χ4v) is 12.3. The van der Waals surface area contributed by atoms with E-state index in [-0.39, 0.29) is 59.8 Å². The summed E-state index contributed by atoms with van der Waals surface area (Å²) in [5.41, 5.74) is 1.85. The first-order chi connectivity index (χ1) is 26.2. The van der Waals surface area contributed by atoms with E-state index in [0.717, 1.165) is 18.4 Å². The van der Waals surface area contributed by atoms with E-state index in [1.165, 1.54) is 35.1 Å². The van der Waals surface area contributed by atoms with E-state index in [1.54, 1.807) is 12.1 Å². The normalized spacial score (nSPS) is 35.3. The maximum atomic E-state index is 13.6. The number of carbonyl (C=O) groups excluding carboxylic acids is 3. The van der Waals surface area contributed by atoms with E-state index in [1.807, 2.05) is 46.0 Å². The summed E-state index contributed by atoms with van der Waals surface area (Å²) in [6.07, 6.45) is 9.70. The predicted molar refractivity (Wildman–Crippen MR) is 223 cm³/mol. The Bertz CT molecular complexity index is 2050. The minimum atomic E-state index is -1.53. The van der Waals surface area contributed by atoms with Gasteiger partial charge in [0.25, 0.3) is 0 Å². The molecule has 0 unspecified atom stereocenters.